The highest BCUT2D eigenvalue weighted by Crippen LogP contribution is 2.22. The van der Waals surface area contributed by atoms with E-state index >= 15 is 0 Å². The SMILES string of the molecule is COc1ccc(C(=O)N2CCNC(=O)[C@H]2CC(=O)N2CCN(c3ccc(OC)cc3)CC2)cc1. The highest BCUT2D eigenvalue weighted by Gasteiger charge is 2.36. The predicted molar refractivity (Wildman–Crippen MR) is 127 cm³/mol. The first-order chi connectivity index (χ1) is 16.5. The predicted octanol–water partition coefficient (Wildman–Crippen LogP) is 1.38. The molecule has 2 aromatic rings. The van der Waals surface area contributed by atoms with Gasteiger partial charge in [-0.1, -0.05) is 0 Å². The monoisotopic (exact) mass is 466 g/mol. The van der Waals surface area contributed by atoms with Crippen molar-refractivity contribution in [2.24, 2.45) is 0 Å². The van der Waals surface area contributed by atoms with E-state index in [-0.39, 0.29) is 24.1 Å². The number of rotatable bonds is 6. The Kier molecular flexibility index (Phi) is 7.20. The standard InChI is InChI=1S/C25H30N4O5/c1-33-20-7-3-18(4-8-20)25(32)29-12-11-26-24(31)22(29)17-23(30)28-15-13-27(14-16-28)19-5-9-21(34-2)10-6-19/h3-10,22H,11-17H2,1-2H3,(H,26,31)/t22-/m1/s1. The van der Waals surface area contributed by atoms with Gasteiger partial charge in [-0.25, -0.2) is 0 Å². The van der Waals surface area contributed by atoms with E-state index in [9.17, 15) is 14.4 Å². The molecular formula is C25H30N4O5. The average Bonchev–Trinajstić information content (AvgIpc) is 2.89. The Labute approximate surface area is 199 Å². The van der Waals surface area contributed by atoms with Gasteiger partial charge in [-0.05, 0) is 48.5 Å². The number of hydrogen-bond donors (Lipinski definition) is 1. The smallest absolute Gasteiger partial charge is 0.254 e. The Morgan fingerprint density at radius 1 is 0.882 bits per heavy atom. The van der Waals surface area contributed by atoms with Crippen molar-refractivity contribution in [3.8, 4) is 11.5 Å². The number of hydrogen-bond acceptors (Lipinski definition) is 6. The fraction of sp³-hybridized carbons (Fsp3) is 0.400. The number of ether oxygens (including phenoxy) is 2. The molecule has 2 fully saturated rings. The number of benzene rings is 2. The second kappa shape index (κ2) is 10.5. The van der Waals surface area contributed by atoms with Crippen LogP contribution < -0.4 is 19.7 Å². The molecule has 2 aliphatic heterocycles. The first kappa shape index (κ1) is 23.4. The number of amides is 3. The molecule has 0 saturated carbocycles. The molecule has 9 heteroatoms. The summed E-state index contributed by atoms with van der Waals surface area (Å²) in [5.74, 6) is 0.771. The first-order valence-electron chi connectivity index (χ1n) is 11.4. The van der Waals surface area contributed by atoms with Crippen LogP contribution in [0.5, 0.6) is 11.5 Å². The van der Waals surface area contributed by atoms with Gasteiger partial charge in [-0.2, -0.15) is 0 Å². The molecule has 0 aromatic heterocycles. The third-order valence-corrected chi connectivity index (χ3v) is 6.37. The zero-order valence-electron chi connectivity index (χ0n) is 19.5. The summed E-state index contributed by atoms with van der Waals surface area (Å²) in [6.45, 7) is 3.25. The lowest BCUT2D eigenvalue weighted by atomic mass is 10.0. The average molecular weight is 467 g/mol. The van der Waals surface area contributed by atoms with Crippen LogP contribution in [0.1, 0.15) is 16.8 Å². The minimum absolute atomic E-state index is 0.0315. The van der Waals surface area contributed by atoms with E-state index in [1.54, 1.807) is 43.4 Å². The Bertz CT molecular complexity index is 1020. The maximum atomic E-state index is 13.1. The van der Waals surface area contributed by atoms with Gasteiger partial charge in [0.05, 0.1) is 20.6 Å². The largest absolute Gasteiger partial charge is 0.497 e. The molecule has 4 rings (SSSR count). The summed E-state index contributed by atoms with van der Waals surface area (Å²) in [7, 11) is 3.20. The van der Waals surface area contributed by atoms with Crippen LogP contribution in [-0.4, -0.2) is 87.1 Å². The molecule has 2 aromatic carbocycles. The number of methoxy groups -OCH3 is 2. The van der Waals surface area contributed by atoms with Crippen LogP contribution in [0.3, 0.4) is 0 Å². The van der Waals surface area contributed by atoms with Crippen molar-refractivity contribution in [1.82, 2.24) is 15.1 Å². The lowest BCUT2D eigenvalue weighted by Gasteiger charge is -2.39. The number of nitrogens with zero attached hydrogens (tertiary/aromatic N) is 3. The molecule has 0 spiro atoms. The van der Waals surface area contributed by atoms with Crippen LogP contribution in [0.25, 0.3) is 0 Å². The molecule has 2 aliphatic rings. The Hall–Kier alpha value is -3.75. The normalized spacial score (nSPS) is 18.4. The first-order valence-corrected chi connectivity index (χ1v) is 11.4. The molecular weight excluding hydrogens is 436 g/mol. The molecule has 0 aliphatic carbocycles. The van der Waals surface area contributed by atoms with Crippen LogP contribution in [0.15, 0.2) is 48.5 Å². The highest BCUT2D eigenvalue weighted by molar-refractivity contribution is 5.99. The molecule has 9 nitrogen and oxygen atoms in total. The molecule has 3 amide bonds. The van der Waals surface area contributed by atoms with E-state index in [1.165, 1.54) is 4.90 Å². The Balaban J connectivity index is 1.38. The van der Waals surface area contributed by atoms with Crippen LogP contribution in [0, 0.1) is 0 Å². The number of nitrogens with one attached hydrogen (secondary N) is 1. The fourth-order valence-corrected chi connectivity index (χ4v) is 4.36. The van der Waals surface area contributed by atoms with Gasteiger partial charge >= 0.3 is 0 Å². The molecule has 0 bridgehead atoms. The molecule has 2 saturated heterocycles. The summed E-state index contributed by atoms with van der Waals surface area (Å²) in [6, 6.07) is 13.8. The van der Waals surface area contributed by atoms with Crippen molar-refractivity contribution in [2.45, 2.75) is 12.5 Å². The number of carbonyl (C=O) groups is 3. The molecule has 34 heavy (non-hydrogen) atoms. The van der Waals surface area contributed by atoms with E-state index < -0.39 is 6.04 Å². The van der Waals surface area contributed by atoms with Crippen LogP contribution in [0.4, 0.5) is 5.69 Å². The molecule has 1 N–H and O–H groups in total. The van der Waals surface area contributed by atoms with Crippen LogP contribution in [-0.2, 0) is 9.59 Å². The van der Waals surface area contributed by atoms with Gasteiger partial charge in [0.15, 0.2) is 0 Å². The van der Waals surface area contributed by atoms with Crippen LogP contribution >= 0.6 is 0 Å². The topological polar surface area (TPSA) is 91.4 Å². The van der Waals surface area contributed by atoms with Crippen LogP contribution in [0.2, 0.25) is 0 Å². The number of anilines is 1. The van der Waals surface area contributed by atoms with Crippen molar-refractivity contribution in [2.75, 3.05) is 58.4 Å². The maximum absolute atomic E-state index is 13.1. The van der Waals surface area contributed by atoms with Gasteiger partial charge in [0, 0.05) is 50.5 Å². The molecule has 180 valence electrons. The second-order valence-electron chi connectivity index (χ2n) is 8.30. The summed E-state index contributed by atoms with van der Waals surface area (Å²) in [4.78, 5) is 44.3. The zero-order chi connectivity index (χ0) is 24.1. The van der Waals surface area contributed by atoms with Crippen molar-refractivity contribution in [3.63, 3.8) is 0 Å². The van der Waals surface area contributed by atoms with E-state index in [0.717, 1.165) is 11.4 Å². The Morgan fingerprint density at radius 3 is 2.06 bits per heavy atom. The van der Waals surface area contributed by atoms with Gasteiger partial charge in [0.2, 0.25) is 11.8 Å². The van der Waals surface area contributed by atoms with Crippen molar-refractivity contribution < 1.29 is 23.9 Å². The van der Waals surface area contributed by atoms with Gasteiger partial charge in [0.25, 0.3) is 5.91 Å². The number of carbonyl (C=O) groups excluding carboxylic acids is 3. The lowest BCUT2D eigenvalue weighted by molar-refractivity contribution is -0.138. The van der Waals surface area contributed by atoms with Gasteiger partial charge in [-0.15, -0.1) is 0 Å². The number of piperazine rings is 2. The van der Waals surface area contributed by atoms with E-state index in [1.807, 2.05) is 24.3 Å². The van der Waals surface area contributed by atoms with E-state index in [0.29, 0.717) is 50.6 Å². The quantitative estimate of drug-likeness (QED) is 0.692. The maximum Gasteiger partial charge on any atom is 0.254 e. The van der Waals surface area contributed by atoms with Crippen molar-refractivity contribution in [1.29, 1.82) is 0 Å². The summed E-state index contributed by atoms with van der Waals surface area (Å²) < 4.78 is 10.4. The van der Waals surface area contributed by atoms with E-state index in [2.05, 4.69) is 10.2 Å². The molecule has 0 radical (unpaired) electrons. The van der Waals surface area contributed by atoms with Gasteiger partial charge < -0.3 is 29.5 Å². The second-order valence-corrected chi connectivity index (χ2v) is 8.30. The Morgan fingerprint density at radius 2 is 1.47 bits per heavy atom. The van der Waals surface area contributed by atoms with E-state index in [4.69, 9.17) is 9.47 Å². The summed E-state index contributed by atoms with van der Waals surface area (Å²) in [6.07, 6.45) is -0.0315. The molecule has 2 heterocycles. The lowest BCUT2D eigenvalue weighted by Crippen LogP contribution is -2.59. The third kappa shape index (κ3) is 5.08. The zero-order valence-corrected chi connectivity index (χ0v) is 19.5. The third-order valence-electron chi connectivity index (χ3n) is 6.37. The summed E-state index contributed by atoms with van der Waals surface area (Å²) >= 11 is 0. The van der Waals surface area contributed by atoms with Gasteiger partial charge in [-0.3, -0.25) is 14.4 Å². The summed E-state index contributed by atoms with van der Waals surface area (Å²) in [5, 5.41) is 2.79. The highest BCUT2D eigenvalue weighted by atomic mass is 16.5. The molecule has 1 atom stereocenters. The summed E-state index contributed by atoms with van der Waals surface area (Å²) in [5.41, 5.74) is 1.54. The molecule has 0 unspecified atom stereocenters. The minimum Gasteiger partial charge on any atom is -0.497 e. The van der Waals surface area contributed by atoms with Crippen molar-refractivity contribution >= 4 is 23.4 Å². The van der Waals surface area contributed by atoms with Gasteiger partial charge in [0.1, 0.15) is 17.5 Å². The minimum atomic E-state index is -0.824. The van der Waals surface area contributed by atoms with Crippen molar-refractivity contribution in [3.05, 3.63) is 54.1 Å². The fourth-order valence-electron chi connectivity index (χ4n) is 4.36.